The number of likely N-dealkylation sites (N-methyl/N-ethyl adjacent to an activating group) is 1. The minimum Gasteiger partial charge on any atom is -0.507 e. The van der Waals surface area contributed by atoms with E-state index in [0.717, 1.165) is 32.1 Å². The summed E-state index contributed by atoms with van der Waals surface area (Å²) in [6.45, 7) is 3.21. The van der Waals surface area contributed by atoms with Gasteiger partial charge in [0.25, 0.3) is 0 Å². The van der Waals surface area contributed by atoms with Crippen molar-refractivity contribution in [2.75, 3.05) is 20.2 Å². The zero-order valence-electron chi connectivity index (χ0n) is 11.9. The van der Waals surface area contributed by atoms with Crippen LogP contribution in [0.2, 0.25) is 0 Å². The molecule has 5 heteroatoms. The number of rotatable bonds is 5. The molecule has 0 amide bonds. The van der Waals surface area contributed by atoms with Crippen LogP contribution in [0.25, 0.3) is 0 Å². The highest BCUT2D eigenvalue weighted by molar-refractivity contribution is 5.97. The van der Waals surface area contributed by atoms with Gasteiger partial charge in [0.2, 0.25) is 0 Å². The summed E-state index contributed by atoms with van der Waals surface area (Å²) in [5.41, 5.74) is 0.459. The van der Waals surface area contributed by atoms with E-state index in [1.54, 1.807) is 0 Å². The minimum absolute atomic E-state index is 0.0329. The summed E-state index contributed by atoms with van der Waals surface area (Å²) in [6.07, 6.45) is 2.29. The third kappa shape index (κ3) is 3.55. The van der Waals surface area contributed by atoms with Crippen molar-refractivity contribution in [1.29, 1.82) is 0 Å². The van der Waals surface area contributed by atoms with Gasteiger partial charge < -0.3 is 9.84 Å². The van der Waals surface area contributed by atoms with Crippen molar-refractivity contribution in [3.63, 3.8) is 0 Å². The molecule has 0 bridgehead atoms. The first kappa shape index (κ1) is 14.9. The summed E-state index contributed by atoms with van der Waals surface area (Å²) in [5, 5.41) is 10.0. The highest BCUT2D eigenvalue weighted by atomic mass is 19.1. The minimum atomic E-state index is -0.506. The van der Waals surface area contributed by atoms with E-state index < -0.39 is 5.82 Å². The average molecular weight is 281 g/mol. The second kappa shape index (κ2) is 6.33. The van der Waals surface area contributed by atoms with E-state index in [0.29, 0.717) is 12.1 Å². The molecule has 0 aliphatic carbocycles. The van der Waals surface area contributed by atoms with E-state index in [9.17, 15) is 14.3 Å². The summed E-state index contributed by atoms with van der Waals surface area (Å²) in [6, 6.07) is 2.34. The third-order valence-corrected chi connectivity index (χ3v) is 3.51. The maximum atomic E-state index is 13.5. The summed E-state index contributed by atoms with van der Waals surface area (Å²) < 4.78 is 19.1. The first-order valence-corrected chi connectivity index (χ1v) is 6.80. The molecule has 1 atom stereocenters. The molecule has 1 aromatic rings. The van der Waals surface area contributed by atoms with Crippen LogP contribution in [-0.2, 0) is 11.3 Å². The molecule has 0 spiro atoms. The summed E-state index contributed by atoms with van der Waals surface area (Å²) in [7, 11) is 1.89. The van der Waals surface area contributed by atoms with Crippen LogP contribution >= 0.6 is 0 Å². The van der Waals surface area contributed by atoms with Gasteiger partial charge in [0, 0.05) is 25.3 Å². The Morgan fingerprint density at radius 3 is 2.90 bits per heavy atom. The van der Waals surface area contributed by atoms with Gasteiger partial charge in [0.1, 0.15) is 11.6 Å². The average Bonchev–Trinajstić information content (AvgIpc) is 2.85. The van der Waals surface area contributed by atoms with Gasteiger partial charge in [0.15, 0.2) is 5.78 Å². The fourth-order valence-electron chi connectivity index (χ4n) is 2.54. The molecule has 110 valence electrons. The van der Waals surface area contributed by atoms with Gasteiger partial charge >= 0.3 is 0 Å². The van der Waals surface area contributed by atoms with E-state index in [4.69, 9.17) is 4.74 Å². The molecule has 1 aliphatic heterocycles. The van der Waals surface area contributed by atoms with Crippen LogP contribution in [-0.4, -0.2) is 42.1 Å². The van der Waals surface area contributed by atoms with Crippen molar-refractivity contribution < 1.29 is 19.0 Å². The fourth-order valence-corrected chi connectivity index (χ4v) is 2.54. The van der Waals surface area contributed by atoms with Gasteiger partial charge in [-0.05, 0) is 38.9 Å². The van der Waals surface area contributed by atoms with Gasteiger partial charge in [-0.25, -0.2) is 4.39 Å². The van der Waals surface area contributed by atoms with Crippen LogP contribution in [0.15, 0.2) is 12.1 Å². The normalized spacial score (nSPS) is 18.7. The van der Waals surface area contributed by atoms with E-state index in [-0.39, 0.29) is 23.2 Å². The molecular formula is C15H20FNO3. The first-order valence-electron chi connectivity index (χ1n) is 6.80. The summed E-state index contributed by atoms with van der Waals surface area (Å²) in [4.78, 5) is 13.3. The van der Waals surface area contributed by atoms with Gasteiger partial charge in [-0.15, -0.1) is 0 Å². The number of ether oxygens (including phenoxy) is 1. The SMILES string of the molecule is CC(=O)c1cc(F)cc(CN(C)CC2CCCO2)c1O. The molecule has 2 rings (SSSR count). The number of aromatic hydroxyl groups is 1. The van der Waals surface area contributed by atoms with Crippen LogP contribution < -0.4 is 0 Å². The molecule has 0 radical (unpaired) electrons. The molecule has 1 saturated heterocycles. The number of hydrogen-bond acceptors (Lipinski definition) is 4. The molecular weight excluding hydrogens is 261 g/mol. The Balaban J connectivity index is 2.09. The number of phenolic OH excluding ortho intramolecular Hbond substituents is 1. The molecule has 1 unspecified atom stereocenters. The number of nitrogens with zero attached hydrogens (tertiary/aromatic N) is 1. The maximum absolute atomic E-state index is 13.5. The molecule has 4 nitrogen and oxygen atoms in total. The van der Waals surface area contributed by atoms with Crippen molar-refractivity contribution in [3.05, 3.63) is 29.1 Å². The van der Waals surface area contributed by atoms with Gasteiger partial charge in [-0.2, -0.15) is 0 Å². The molecule has 1 N–H and O–H groups in total. The molecule has 1 fully saturated rings. The topological polar surface area (TPSA) is 49.8 Å². The lowest BCUT2D eigenvalue weighted by atomic mass is 10.0. The van der Waals surface area contributed by atoms with Crippen LogP contribution in [0.4, 0.5) is 4.39 Å². The fraction of sp³-hybridized carbons (Fsp3) is 0.533. The predicted molar refractivity (Wildman–Crippen MR) is 73.4 cm³/mol. The standard InChI is InChI=1S/C15H20FNO3/c1-10(18)14-7-12(16)6-11(15(14)19)8-17(2)9-13-4-3-5-20-13/h6-7,13,19H,3-5,8-9H2,1-2H3. The third-order valence-electron chi connectivity index (χ3n) is 3.51. The Bertz CT molecular complexity index is 498. The van der Waals surface area contributed by atoms with Crippen LogP contribution in [0.5, 0.6) is 5.75 Å². The monoisotopic (exact) mass is 281 g/mol. The first-order chi connectivity index (χ1) is 9.47. The number of phenols is 1. The van der Waals surface area contributed by atoms with E-state index in [1.165, 1.54) is 13.0 Å². The van der Waals surface area contributed by atoms with Crippen LogP contribution in [0, 0.1) is 5.82 Å². The Kier molecular flexibility index (Phi) is 4.73. The van der Waals surface area contributed by atoms with Crippen molar-refractivity contribution in [1.82, 2.24) is 4.90 Å². The summed E-state index contributed by atoms with van der Waals surface area (Å²) in [5.74, 6) is -0.975. The molecule has 1 aliphatic rings. The lowest BCUT2D eigenvalue weighted by molar-refractivity contribution is 0.0790. The Morgan fingerprint density at radius 1 is 1.55 bits per heavy atom. The number of carbonyl (C=O) groups excluding carboxylic acids is 1. The highest BCUT2D eigenvalue weighted by Crippen LogP contribution is 2.26. The van der Waals surface area contributed by atoms with Gasteiger partial charge in [-0.1, -0.05) is 0 Å². The number of ketones is 1. The van der Waals surface area contributed by atoms with E-state index in [1.807, 2.05) is 11.9 Å². The summed E-state index contributed by atoms with van der Waals surface area (Å²) >= 11 is 0. The smallest absolute Gasteiger partial charge is 0.163 e. The molecule has 0 saturated carbocycles. The molecule has 1 aromatic carbocycles. The molecule has 1 heterocycles. The van der Waals surface area contributed by atoms with Crippen molar-refractivity contribution >= 4 is 5.78 Å². The number of Topliss-reactive ketones (excluding diaryl/α,β-unsaturated/α-hetero) is 1. The molecule has 20 heavy (non-hydrogen) atoms. The zero-order chi connectivity index (χ0) is 14.7. The van der Waals surface area contributed by atoms with Crippen molar-refractivity contribution in [2.24, 2.45) is 0 Å². The Morgan fingerprint density at radius 2 is 2.30 bits per heavy atom. The van der Waals surface area contributed by atoms with Crippen LogP contribution in [0.3, 0.4) is 0 Å². The van der Waals surface area contributed by atoms with Crippen molar-refractivity contribution in [3.8, 4) is 5.75 Å². The van der Waals surface area contributed by atoms with Gasteiger partial charge in [-0.3, -0.25) is 9.69 Å². The predicted octanol–water partition coefficient (Wildman–Crippen LogP) is 2.34. The number of benzene rings is 1. The number of hydrogen-bond donors (Lipinski definition) is 1. The lowest BCUT2D eigenvalue weighted by Crippen LogP contribution is -2.28. The quantitative estimate of drug-likeness (QED) is 0.842. The van der Waals surface area contributed by atoms with E-state index >= 15 is 0 Å². The lowest BCUT2D eigenvalue weighted by Gasteiger charge is -2.21. The second-order valence-electron chi connectivity index (χ2n) is 5.35. The Labute approximate surface area is 118 Å². The van der Waals surface area contributed by atoms with Crippen LogP contribution in [0.1, 0.15) is 35.7 Å². The maximum Gasteiger partial charge on any atom is 0.163 e. The van der Waals surface area contributed by atoms with E-state index in [2.05, 4.69) is 0 Å². The zero-order valence-corrected chi connectivity index (χ0v) is 11.9. The Hall–Kier alpha value is -1.46. The number of halogens is 1. The number of carbonyl (C=O) groups is 1. The molecule has 0 aromatic heterocycles. The second-order valence-corrected chi connectivity index (χ2v) is 5.35. The van der Waals surface area contributed by atoms with Crippen molar-refractivity contribution in [2.45, 2.75) is 32.4 Å². The highest BCUT2D eigenvalue weighted by Gasteiger charge is 2.19. The largest absolute Gasteiger partial charge is 0.507 e. The van der Waals surface area contributed by atoms with Gasteiger partial charge in [0.05, 0.1) is 11.7 Å².